The van der Waals surface area contributed by atoms with E-state index in [4.69, 9.17) is 0 Å². The fourth-order valence-electron chi connectivity index (χ4n) is 1.69. The van der Waals surface area contributed by atoms with E-state index in [9.17, 15) is 9.59 Å². The van der Waals surface area contributed by atoms with Gasteiger partial charge < -0.3 is 10.6 Å². The Labute approximate surface area is 116 Å². The Morgan fingerprint density at radius 3 is 2.50 bits per heavy atom. The normalized spacial score (nSPS) is 9.90. The Morgan fingerprint density at radius 2 is 1.85 bits per heavy atom. The van der Waals surface area contributed by atoms with Crippen LogP contribution in [0.15, 0.2) is 36.8 Å². The third-order valence-electron chi connectivity index (χ3n) is 2.60. The van der Waals surface area contributed by atoms with Crippen LogP contribution in [-0.2, 0) is 4.79 Å². The molecule has 2 N–H and O–H groups in total. The molecule has 6 heteroatoms. The van der Waals surface area contributed by atoms with Crippen molar-refractivity contribution < 1.29 is 9.59 Å². The molecule has 1 aromatic heterocycles. The van der Waals surface area contributed by atoms with Gasteiger partial charge in [0.1, 0.15) is 6.33 Å². The van der Waals surface area contributed by atoms with Crippen molar-refractivity contribution in [1.82, 2.24) is 9.97 Å². The summed E-state index contributed by atoms with van der Waals surface area (Å²) in [6.07, 6.45) is 2.86. The lowest BCUT2D eigenvalue weighted by Gasteiger charge is -2.08. The molecule has 0 radical (unpaired) electrons. The number of aryl methyl sites for hydroxylation is 1. The molecule has 20 heavy (non-hydrogen) atoms. The molecule has 0 atom stereocenters. The van der Waals surface area contributed by atoms with Crippen molar-refractivity contribution >= 4 is 23.2 Å². The molecule has 0 saturated carbocycles. The van der Waals surface area contributed by atoms with Gasteiger partial charge in [-0.15, -0.1) is 0 Å². The molecule has 2 rings (SSSR count). The highest BCUT2D eigenvalue weighted by molar-refractivity contribution is 6.05. The van der Waals surface area contributed by atoms with Crippen molar-refractivity contribution in [3.05, 3.63) is 48.0 Å². The Morgan fingerprint density at radius 1 is 1.15 bits per heavy atom. The molecule has 2 aromatic rings. The number of anilines is 2. The molecule has 0 aliphatic rings. The van der Waals surface area contributed by atoms with E-state index in [1.165, 1.54) is 19.4 Å². The quantitative estimate of drug-likeness (QED) is 0.893. The van der Waals surface area contributed by atoms with Crippen molar-refractivity contribution in [2.24, 2.45) is 0 Å². The van der Waals surface area contributed by atoms with Gasteiger partial charge in [0, 0.05) is 24.5 Å². The van der Waals surface area contributed by atoms with Crippen LogP contribution < -0.4 is 10.6 Å². The first-order valence-electron chi connectivity index (χ1n) is 6.02. The second kappa shape index (κ2) is 5.92. The van der Waals surface area contributed by atoms with Crippen LogP contribution in [0.25, 0.3) is 0 Å². The maximum Gasteiger partial charge on any atom is 0.259 e. The minimum atomic E-state index is -0.289. The van der Waals surface area contributed by atoms with Crippen LogP contribution in [0, 0.1) is 6.92 Å². The van der Waals surface area contributed by atoms with Crippen LogP contribution in [0.2, 0.25) is 0 Å². The predicted molar refractivity (Wildman–Crippen MR) is 75.5 cm³/mol. The number of benzene rings is 1. The molecule has 0 saturated heterocycles. The fourth-order valence-corrected chi connectivity index (χ4v) is 1.69. The molecule has 0 fully saturated rings. The number of hydrogen-bond donors (Lipinski definition) is 2. The highest BCUT2D eigenvalue weighted by Gasteiger charge is 2.10. The molecule has 0 bridgehead atoms. The summed E-state index contributed by atoms with van der Waals surface area (Å²) in [4.78, 5) is 30.9. The molecule has 102 valence electrons. The number of nitrogens with one attached hydrogen (secondary N) is 2. The summed E-state index contributed by atoms with van der Waals surface area (Å²) < 4.78 is 0. The summed E-state index contributed by atoms with van der Waals surface area (Å²) in [5, 5.41) is 5.40. The first-order valence-corrected chi connectivity index (χ1v) is 6.02. The topological polar surface area (TPSA) is 84.0 Å². The monoisotopic (exact) mass is 270 g/mol. The first kappa shape index (κ1) is 13.7. The standard InChI is InChI=1S/C14H14N4O2/c1-9-13(7-15-8-16-9)14(20)18-12-5-3-4-11(6-12)17-10(2)19/h3-8H,1-2H3,(H,17,19)(H,18,20). The van der Waals surface area contributed by atoms with Crippen LogP contribution >= 0.6 is 0 Å². The van der Waals surface area contributed by atoms with Gasteiger partial charge in [0.25, 0.3) is 5.91 Å². The molecule has 2 amide bonds. The summed E-state index contributed by atoms with van der Waals surface area (Å²) >= 11 is 0. The molecule has 0 spiro atoms. The SMILES string of the molecule is CC(=O)Nc1cccc(NC(=O)c2cncnc2C)c1. The van der Waals surface area contributed by atoms with Crippen molar-refractivity contribution in [3.8, 4) is 0 Å². The van der Waals surface area contributed by atoms with E-state index in [1.54, 1.807) is 31.2 Å². The number of hydrogen-bond acceptors (Lipinski definition) is 4. The molecule has 0 aliphatic carbocycles. The van der Waals surface area contributed by atoms with Gasteiger partial charge in [-0.25, -0.2) is 9.97 Å². The smallest absolute Gasteiger partial charge is 0.259 e. The Balaban J connectivity index is 2.16. The Hall–Kier alpha value is -2.76. The van der Waals surface area contributed by atoms with Gasteiger partial charge in [-0.3, -0.25) is 9.59 Å². The maximum atomic E-state index is 12.1. The molecular weight excluding hydrogens is 256 g/mol. The number of rotatable bonds is 3. The number of nitrogens with zero attached hydrogens (tertiary/aromatic N) is 2. The van der Waals surface area contributed by atoms with E-state index in [-0.39, 0.29) is 11.8 Å². The lowest BCUT2D eigenvalue weighted by molar-refractivity contribution is -0.114. The third-order valence-corrected chi connectivity index (χ3v) is 2.60. The molecule has 0 aliphatic heterocycles. The van der Waals surface area contributed by atoms with Gasteiger partial charge in [0.15, 0.2) is 0 Å². The summed E-state index contributed by atoms with van der Waals surface area (Å²) in [5.41, 5.74) is 2.23. The average Bonchev–Trinajstić information content (AvgIpc) is 2.38. The van der Waals surface area contributed by atoms with Crippen LogP contribution in [0.1, 0.15) is 23.0 Å². The maximum absolute atomic E-state index is 12.1. The van der Waals surface area contributed by atoms with E-state index < -0.39 is 0 Å². The third kappa shape index (κ3) is 3.38. The highest BCUT2D eigenvalue weighted by atomic mass is 16.2. The highest BCUT2D eigenvalue weighted by Crippen LogP contribution is 2.16. The molecule has 1 heterocycles. The number of aromatic nitrogens is 2. The second-order valence-electron chi connectivity index (χ2n) is 4.24. The van der Waals surface area contributed by atoms with Gasteiger partial charge in [0.2, 0.25) is 5.91 Å². The van der Waals surface area contributed by atoms with Crippen LogP contribution in [-0.4, -0.2) is 21.8 Å². The van der Waals surface area contributed by atoms with Gasteiger partial charge in [-0.1, -0.05) is 6.07 Å². The second-order valence-corrected chi connectivity index (χ2v) is 4.24. The summed E-state index contributed by atoms with van der Waals surface area (Å²) in [6.45, 7) is 3.17. The van der Waals surface area contributed by atoms with Gasteiger partial charge in [0.05, 0.1) is 11.3 Å². The summed E-state index contributed by atoms with van der Waals surface area (Å²) in [5.74, 6) is -0.455. The van der Waals surface area contributed by atoms with Crippen LogP contribution in [0.3, 0.4) is 0 Å². The minimum absolute atomic E-state index is 0.166. The average molecular weight is 270 g/mol. The zero-order chi connectivity index (χ0) is 14.5. The van der Waals surface area contributed by atoms with Gasteiger partial charge >= 0.3 is 0 Å². The van der Waals surface area contributed by atoms with Crippen molar-refractivity contribution in [1.29, 1.82) is 0 Å². The molecular formula is C14H14N4O2. The van der Waals surface area contributed by atoms with E-state index in [1.807, 2.05) is 0 Å². The van der Waals surface area contributed by atoms with Crippen molar-refractivity contribution in [2.75, 3.05) is 10.6 Å². The first-order chi connectivity index (χ1) is 9.56. The van der Waals surface area contributed by atoms with E-state index in [0.717, 1.165) is 0 Å². The lowest BCUT2D eigenvalue weighted by atomic mass is 10.2. The summed E-state index contributed by atoms with van der Waals surface area (Å²) in [6, 6.07) is 6.91. The number of carbonyl (C=O) groups excluding carboxylic acids is 2. The van der Waals surface area contributed by atoms with Gasteiger partial charge in [-0.05, 0) is 25.1 Å². The Kier molecular flexibility index (Phi) is 4.05. The number of amides is 2. The van der Waals surface area contributed by atoms with Crippen LogP contribution in [0.5, 0.6) is 0 Å². The van der Waals surface area contributed by atoms with Crippen molar-refractivity contribution in [2.45, 2.75) is 13.8 Å². The zero-order valence-electron chi connectivity index (χ0n) is 11.2. The van der Waals surface area contributed by atoms with Crippen molar-refractivity contribution in [3.63, 3.8) is 0 Å². The van der Waals surface area contributed by atoms with Crippen LogP contribution in [0.4, 0.5) is 11.4 Å². The number of carbonyl (C=O) groups is 2. The fraction of sp³-hybridized carbons (Fsp3) is 0.143. The van der Waals surface area contributed by atoms with Gasteiger partial charge in [-0.2, -0.15) is 0 Å². The molecule has 6 nitrogen and oxygen atoms in total. The predicted octanol–water partition coefficient (Wildman–Crippen LogP) is 2.00. The van der Waals surface area contributed by atoms with E-state index in [0.29, 0.717) is 22.6 Å². The lowest BCUT2D eigenvalue weighted by Crippen LogP contribution is -2.14. The Bertz CT molecular complexity index is 655. The molecule has 1 aromatic carbocycles. The zero-order valence-corrected chi connectivity index (χ0v) is 11.2. The largest absolute Gasteiger partial charge is 0.326 e. The molecule has 0 unspecified atom stereocenters. The minimum Gasteiger partial charge on any atom is -0.326 e. The van der Waals surface area contributed by atoms with E-state index >= 15 is 0 Å². The van der Waals surface area contributed by atoms with E-state index in [2.05, 4.69) is 20.6 Å². The summed E-state index contributed by atoms with van der Waals surface area (Å²) in [7, 11) is 0.